The third-order valence-corrected chi connectivity index (χ3v) is 7.14. The maximum absolute atomic E-state index is 13.3. The first-order valence-electron chi connectivity index (χ1n) is 14.1. The lowest BCUT2D eigenvalue weighted by atomic mass is 10.0. The van der Waals surface area contributed by atoms with Gasteiger partial charge in [0, 0.05) is 17.2 Å². The number of aryl methyl sites for hydroxylation is 1. The second-order valence-electron chi connectivity index (χ2n) is 10.4. The number of nitrogens with one attached hydrogen (secondary N) is 3. The molecule has 3 aromatic rings. The molecule has 0 saturated heterocycles. The Morgan fingerprint density at radius 2 is 1.64 bits per heavy atom. The monoisotopic (exact) mass is 638 g/mol. The minimum absolute atomic E-state index is 0.0384. The van der Waals surface area contributed by atoms with Gasteiger partial charge in [-0.25, -0.2) is 0 Å². The van der Waals surface area contributed by atoms with E-state index in [1.807, 2.05) is 54.6 Å². The summed E-state index contributed by atoms with van der Waals surface area (Å²) in [5, 5.41) is 19.4. The number of pyridine rings is 1. The molecule has 0 radical (unpaired) electrons. The topological polar surface area (TPSA) is 130 Å². The maximum atomic E-state index is 13.3. The summed E-state index contributed by atoms with van der Waals surface area (Å²) in [6, 6.07) is 20.7. The number of rotatable bonds is 16. The van der Waals surface area contributed by atoms with Gasteiger partial charge in [0.1, 0.15) is 11.7 Å². The smallest absolute Gasteiger partial charge is 0.270 e. The average Bonchev–Trinajstić information content (AvgIpc) is 2.99. The molecule has 0 spiro atoms. The Balaban J connectivity index is 1.60. The first kappa shape index (κ1) is 32.9. The highest BCUT2D eigenvalue weighted by atomic mass is 79.9. The van der Waals surface area contributed by atoms with Crippen molar-refractivity contribution in [1.29, 1.82) is 0 Å². The van der Waals surface area contributed by atoms with Gasteiger partial charge in [-0.2, -0.15) is 0 Å². The molecule has 3 amide bonds. The molecule has 10 heteroatoms. The second-order valence-corrected chi connectivity index (χ2v) is 11.3. The molecule has 2 aromatic carbocycles. The van der Waals surface area contributed by atoms with Crippen LogP contribution in [-0.4, -0.2) is 59.2 Å². The minimum Gasteiger partial charge on any atom is -0.390 e. The van der Waals surface area contributed by atoms with Crippen LogP contribution in [-0.2, 0) is 27.4 Å². The highest BCUT2D eigenvalue weighted by Gasteiger charge is 2.30. The van der Waals surface area contributed by atoms with Crippen LogP contribution >= 0.6 is 15.9 Å². The van der Waals surface area contributed by atoms with Gasteiger partial charge in [0.25, 0.3) is 5.91 Å². The summed E-state index contributed by atoms with van der Waals surface area (Å²) in [6.45, 7) is 4.29. The van der Waals surface area contributed by atoms with E-state index in [0.29, 0.717) is 6.54 Å². The summed E-state index contributed by atoms with van der Waals surface area (Å²) in [4.78, 5) is 42.7. The van der Waals surface area contributed by atoms with Crippen molar-refractivity contribution in [2.75, 3.05) is 13.2 Å². The van der Waals surface area contributed by atoms with Crippen molar-refractivity contribution in [3.63, 3.8) is 0 Å². The van der Waals surface area contributed by atoms with Crippen molar-refractivity contribution in [1.82, 2.24) is 20.9 Å². The van der Waals surface area contributed by atoms with E-state index in [1.165, 1.54) is 11.8 Å². The van der Waals surface area contributed by atoms with Crippen LogP contribution in [0.15, 0.2) is 83.5 Å². The van der Waals surface area contributed by atoms with Crippen LogP contribution in [0.4, 0.5) is 0 Å². The Morgan fingerprint density at radius 3 is 2.31 bits per heavy atom. The van der Waals surface area contributed by atoms with Crippen molar-refractivity contribution in [2.24, 2.45) is 5.92 Å². The van der Waals surface area contributed by atoms with Crippen LogP contribution in [0.2, 0.25) is 0 Å². The number of benzene rings is 2. The van der Waals surface area contributed by atoms with E-state index in [0.717, 1.165) is 22.9 Å². The number of carbonyl (C=O) groups is 3. The second kappa shape index (κ2) is 17.4. The number of aliphatic hydroxyl groups is 1. The molecule has 9 nitrogen and oxygen atoms in total. The molecule has 0 aliphatic heterocycles. The Hall–Kier alpha value is -3.60. The van der Waals surface area contributed by atoms with Crippen LogP contribution in [0, 0.1) is 5.92 Å². The summed E-state index contributed by atoms with van der Waals surface area (Å²) in [5.41, 5.74) is 2.29. The number of aromatic nitrogens is 1. The van der Waals surface area contributed by atoms with Crippen molar-refractivity contribution >= 4 is 33.7 Å². The third kappa shape index (κ3) is 11.3. The molecular formula is C32H39BrN4O5. The molecule has 1 aromatic heterocycles. The van der Waals surface area contributed by atoms with Gasteiger partial charge in [-0.1, -0.05) is 78.3 Å². The first-order valence-corrected chi connectivity index (χ1v) is 14.9. The zero-order chi connectivity index (χ0) is 30.3. The summed E-state index contributed by atoms with van der Waals surface area (Å²) in [5.74, 6) is -1.56. The number of nitrogens with zero attached hydrogens (tertiary/aromatic N) is 1. The number of hydrogen-bond acceptors (Lipinski definition) is 6. The van der Waals surface area contributed by atoms with E-state index < -0.39 is 30.0 Å². The van der Waals surface area contributed by atoms with Gasteiger partial charge >= 0.3 is 0 Å². The Kier molecular flexibility index (Phi) is 13.6. The van der Waals surface area contributed by atoms with Crippen molar-refractivity contribution < 1.29 is 24.2 Å². The van der Waals surface area contributed by atoms with E-state index in [2.05, 4.69) is 36.9 Å². The SMILES string of the molecule is CC(C)[C@H](NC(=O)c1ccccn1)C(=O)N[C@@H](COCc1ccc(Br)cc1)[C@@H](O)CC(=O)NCCCc1ccccc1. The fourth-order valence-electron chi connectivity index (χ4n) is 4.22. The van der Waals surface area contributed by atoms with Gasteiger partial charge in [0.05, 0.1) is 31.8 Å². The number of carbonyl (C=O) groups excluding carboxylic acids is 3. The highest BCUT2D eigenvalue weighted by Crippen LogP contribution is 2.12. The number of aliphatic hydroxyl groups excluding tert-OH is 1. The molecule has 42 heavy (non-hydrogen) atoms. The largest absolute Gasteiger partial charge is 0.390 e. The number of hydrogen-bond donors (Lipinski definition) is 4. The fourth-order valence-corrected chi connectivity index (χ4v) is 4.49. The molecule has 0 saturated carbocycles. The van der Waals surface area contributed by atoms with E-state index in [9.17, 15) is 19.5 Å². The average molecular weight is 640 g/mol. The Labute approximate surface area is 255 Å². The summed E-state index contributed by atoms with van der Waals surface area (Å²) in [7, 11) is 0. The molecule has 4 N–H and O–H groups in total. The number of amides is 3. The van der Waals surface area contributed by atoms with Gasteiger partial charge in [0.2, 0.25) is 11.8 Å². The molecule has 0 fully saturated rings. The molecule has 224 valence electrons. The van der Waals surface area contributed by atoms with E-state index >= 15 is 0 Å². The standard InChI is InChI=1S/C32H39BrN4O5/c1-22(2)30(37-31(40)26-12-6-7-17-34-26)32(41)36-27(21-42-20-24-13-15-25(33)16-14-24)28(38)19-29(39)35-18-8-11-23-9-4-3-5-10-23/h3-7,9-10,12-17,22,27-28,30,38H,8,11,18-21H2,1-2H3,(H,35,39)(H,36,41)(H,37,40)/t27-,28-,30-/m0/s1. The van der Waals surface area contributed by atoms with Crippen LogP contribution in [0.3, 0.4) is 0 Å². The van der Waals surface area contributed by atoms with E-state index in [-0.39, 0.29) is 37.2 Å². The molecular weight excluding hydrogens is 600 g/mol. The Bertz CT molecular complexity index is 1260. The first-order chi connectivity index (χ1) is 20.2. The molecule has 1 heterocycles. The fraction of sp³-hybridized carbons (Fsp3) is 0.375. The van der Waals surface area contributed by atoms with Crippen molar-refractivity contribution in [2.45, 2.75) is 57.9 Å². The predicted molar refractivity (Wildman–Crippen MR) is 164 cm³/mol. The molecule has 3 atom stereocenters. The summed E-state index contributed by atoms with van der Waals surface area (Å²) in [6.07, 6.45) is 1.65. The lowest BCUT2D eigenvalue weighted by Gasteiger charge is -2.28. The quantitative estimate of drug-likeness (QED) is 0.177. The van der Waals surface area contributed by atoms with Crippen LogP contribution in [0.5, 0.6) is 0 Å². The van der Waals surface area contributed by atoms with Crippen LogP contribution < -0.4 is 16.0 Å². The number of halogens is 1. The van der Waals surface area contributed by atoms with Gasteiger partial charge < -0.3 is 25.8 Å². The predicted octanol–water partition coefficient (Wildman–Crippen LogP) is 3.80. The summed E-state index contributed by atoms with van der Waals surface area (Å²) >= 11 is 3.40. The third-order valence-electron chi connectivity index (χ3n) is 6.61. The van der Waals surface area contributed by atoms with Crippen molar-refractivity contribution in [3.05, 3.63) is 100 Å². The molecule has 0 unspecified atom stereocenters. The summed E-state index contributed by atoms with van der Waals surface area (Å²) < 4.78 is 6.78. The minimum atomic E-state index is -1.22. The van der Waals surface area contributed by atoms with E-state index in [4.69, 9.17) is 4.74 Å². The Morgan fingerprint density at radius 1 is 0.929 bits per heavy atom. The van der Waals surface area contributed by atoms with Crippen molar-refractivity contribution in [3.8, 4) is 0 Å². The van der Waals surface area contributed by atoms with Gasteiger partial charge in [-0.3, -0.25) is 19.4 Å². The maximum Gasteiger partial charge on any atom is 0.270 e. The molecule has 0 aliphatic carbocycles. The van der Waals surface area contributed by atoms with Gasteiger partial charge in [0.15, 0.2) is 0 Å². The van der Waals surface area contributed by atoms with E-state index in [1.54, 1.807) is 32.0 Å². The zero-order valence-electron chi connectivity index (χ0n) is 24.0. The lowest BCUT2D eigenvalue weighted by Crippen LogP contribution is -2.56. The van der Waals surface area contributed by atoms with Crippen LogP contribution in [0.25, 0.3) is 0 Å². The van der Waals surface area contributed by atoms with Crippen LogP contribution in [0.1, 0.15) is 48.3 Å². The molecule has 0 aliphatic rings. The normalized spacial score (nSPS) is 13.2. The lowest BCUT2D eigenvalue weighted by molar-refractivity contribution is -0.129. The number of ether oxygens (including phenoxy) is 1. The molecule has 0 bridgehead atoms. The highest BCUT2D eigenvalue weighted by molar-refractivity contribution is 9.10. The molecule has 3 rings (SSSR count). The van der Waals surface area contributed by atoms with Gasteiger partial charge in [-0.05, 0) is 54.2 Å². The zero-order valence-corrected chi connectivity index (χ0v) is 25.5. The van der Waals surface area contributed by atoms with Gasteiger partial charge in [-0.15, -0.1) is 0 Å².